The number of hydrogen-bond acceptors (Lipinski definition) is 4. The summed E-state index contributed by atoms with van der Waals surface area (Å²) in [6.45, 7) is 1.85. The summed E-state index contributed by atoms with van der Waals surface area (Å²) in [6, 6.07) is 13.6. The Morgan fingerprint density at radius 3 is 2.83 bits per heavy atom. The Bertz CT molecular complexity index is 1420. The fourth-order valence-electron chi connectivity index (χ4n) is 4.11. The van der Waals surface area contributed by atoms with Crippen LogP contribution in [0, 0.1) is 5.13 Å². The molecule has 1 aliphatic rings. The van der Waals surface area contributed by atoms with Crippen LogP contribution in [0.1, 0.15) is 12.1 Å². The lowest BCUT2D eigenvalue weighted by Gasteiger charge is -2.13. The van der Waals surface area contributed by atoms with Gasteiger partial charge >= 0.3 is 0 Å². The number of nitrogens with one attached hydrogen (secondary N) is 3. The zero-order valence-electron chi connectivity index (χ0n) is 16.0. The van der Waals surface area contributed by atoms with E-state index in [4.69, 9.17) is 0 Å². The number of halogens is 1. The number of nitrogens with zero attached hydrogens (tertiary/aromatic N) is 2. The summed E-state index contributed by atoms with van der Waals surface area (Å²) < 4.78 is 13.6. The minimum absolute atomic E-state index is 0.177. The minimum Gasteiger partial charge on any atom is -0.353 e. The maximum atomic E-state index is 13.6. The van der Waals surface area contributed by atoms with E-state index in [1.165, 1.54) is 11.6 Å². The molecule has 0 aliphatic carbocycles. The van der Waals surface area contributed by atoms with Crippen molar-refractivity contribution < 1.29 is 4.39 Å². The molecule has 3 N–H and O–H groups in total. The first-order chi connectivity index (χ1) is 14.8. The molecule has 0 bridgehead atoms. The molecule has 0 spiro atoms. The van der Waals surface area contributed by atoms with Gasteiger partial charge in [-0.3, -0.25) is 10.1 Å². The predicted octanol–water partition coefficient (Wildman–Crippen LogP) is 5.35. The highest BCUT2D eigenvalue weighted by Crippen LogP contribution is 2.36. The zero-order valence-corrected chi connectivity index (χ0v) is 16.8. The lowest BCUT2D eigenvalue weighted by atomic mass is 10.0. The Morgan fingerprint density at radius 1 is 1.03 bits per heavy atom. The molecule has 7 heteroatoms. The first-order valence-corrected chi connectivity index (χ1v) is 10.7. The van der Waals surface area contributed by atoms with Gasteiger partial charge in [-0.05, 0) is 48.9 Å². The number of thiophene rings is 1. The molecule has 0 radical (unpaired) electrons. The van der Waals surface area contributed by atoms with E-state index in [2.05, 4.69) is 43.7 Å². The molecule has 0 fully saturated rings. The molecule has 0 atom stereocenters. The second kappa shape index (κ2) is 6.90. The van der Waals surface area contributed by atoms with Gasteiger partial charge in [0.25, 0.3) is 0 Å². The number of benzene rings is 1. The molecule has 0 saturated heterocycles. The average Bonchev–Trinajstić information content (AvgIpc) is 3.51. The Kier molecular flexibility index (Phi) is 4.04. The van der Waals surface area contributed by atoms with Gasteiger partial charge in [-0.1, -0.05) is 18.2 Å². The third-order valence-corrected chi connectivity index (χ3v) is 6.51. The van der Waals surface area contributed by atoms with Crippen molar-refractivity contribution in [1.29, 1.82) is 0 Å². The van der Waals surface area contributed by atoms with Crippen molar-refractivity contribution in [3.63, 3.8) is 0 Å². The molecule has 6 rings (SSSR count). The molecule has 1 aliphatic heterocycles. The van der Waals surface area contributed by atoms with E-state index in [-0.39, 0.29) is 5.13 Å². The second-order valence-electron chi connectivity index (χ2n) is 7.42. The fourth-order valence-corrected chi connectivity index (χ4v) is 4.88. The smallest absolute Gasteiger partial charge is 0.176 e. The van der Waals surface area contributed by atoms with E-state index in [0.717, 1.165) is 80.2 Å². The number of pyridine rings is 1. The quantitative estimate of drug-likeness (QED) is 0.372. The number of H-pyrrole nitrogens is 2. The summed E-state index contributed by atoms with van der Waals surface area (Å²) in [5, 5.41) is 12.9. The molecule has 0 unspecified atom stereocenters. The standard InChI is InChI=1S/C23H18FN5S/c24-22-5-4-21(30-22)14-2-1-3-17-15(14)10-19(27-17)23-16-11-18(13-6-8-25-9-7-13)26-12-20(16)28-29-23/h1-6,10-12,25,27H,7-9H2,(H,28,29). The van der Waals surface area contributed by atoms with Crippen molar-refractivity contribution in [2.75, 3.05) is 13.1 Å². The SMILES string of the molecule is Fc1ccc(-c2cccc3[nH]c(-c4n[nH]c5cnc(C6=CCNCC6)cc45)cc23)s1. The number of hydrogen-bond donors (Lipinski definition) is 3. The van der Waals surface area contributed by atoms with Crippen LogP contribution in [0.15, 0.2) is 54.7 Å². The molecule has 4 aromatic heterocycles. The van der Waals surface area contributed by atoms with Gasteiger partial charge in [-0.2, -0.15) is 9.49 Å². The molecule has 0 amide bonds. The molecular formula is C23H18FN5S. The van der Waals surface area contributed by atoms with Crippen molar-refractivity contribution >= 4 is 38.7 Å². The van der Waals surface area contributed by atoms with Crippen molar-refractivity contribution in [3.05, 3.63) is 65.6 Å². The third-order valence-electron chi connectivity index (χ3n) is 5.60. The van der Waals surface area contributed by atoms with Crippen molar-refractivity contribution in [2.24, 2.45) is 0 Å². The van der Waals surface area contributed by atoms with E-state index in [1.54, 1.807) is 0 Å². The summed E-state index contributed by atoms with van der Waals surface area (Å²) in [7, 11) is 0. The summed E-state index contributed by atoms with van der Waals surface area (Å²) >= 11 is 1.16. The highest BCUT2D eigenvalue weighted by molar-refractivity contribution is 7.14. The Morgan fingerprint density at radius 2 is 2.00 bits per heavy atom. The molecule has 5 aromatic rings. The van der Waals surface area contributed by atoms with Crippen LogP contribution in [0.3, 0.4) is 0 Å². The maximum Gasteiger partial charge on any atom is 0.176 e. The van der Waals surface area contributed by atoms with E-state index in [0.29, 0.717) is 0 Å². The molecule has 30 heavy (non-hydrogen) atoms. The van der Waals surface area contributed by atoms with Gasteiger partial charge in [-0.15, -0.1) is 11.3 Å². The molecule has 5 nitrogen and oxygen atoms in total. The van der Waals surface area contributed by atoms with Crippen molar-refractivity contribution in [3.8, 4) is 21.8 Å². The van der Waals surface area contributed by atoms with Gasteiger partial charge in [0.15, 0.2) is 5.13 Å². The molecule has 1 aromatic carbocycles. The maximum absolute atomic E-state index is 13.6. The third kappa shape index (κ3) is 2.86. The van der Waals surface area contributed by atoms with E-state index in [9.17, 15) is 4.39 Å². The first-order valence-electron chi connectivity index (χ1n) is 9.88. The van der Waals surface area contributed by atoms with Gasteiger partial charge in [0, 0.05) is 33.3 Å². The molecular weight excluding hydrogens is 397 g/mol. The van der Waals surface area contributed by atoms with E-state index in [1.807, 2.05) is 30.5 Å². The minimum atomic E-state index is -0.177. The monoisotopic (exact) mass is 415 g/mol. The number of fused-ring (bicyclic) bond motifs is 2. The summed E-state index contributed by atoms with van der Waals surface area (Å²) in [6.07, 6.45) is 5.03. The van der Waals surface area contributed by atoms with Crippen LogP contribution in [-0.2, 0) is 0 Å². The normalized spacial score (nSPS) is 14.5. The summed E-state index contributed by atoms with van der Waals surface area (Å²) in [5.41, 5.74) is 6.98. The Hall–Kier alpha value is -3.29. The second-order valence-corrected chi connectivity index (χ2v) is 8.46. The first kappa shape index (κ1) is 17.6. The Labute approximate surface area is 175 Å². The van der Waals surface area contributed by atoms with Crippen molar-refractivity contribution in [1.82, 2.24) is 25.5 Å². The number of rotatable bonds is 3. The highest BCUT2D eigenvalue weighted by atomic mass is 32.1. The zero-order chi connectivity index (χ0) is 20.1. The van der Waals surface area contributed by atoms with Crippen molar-refractivity contribution in [2.45, 2.75) is 6.42 Å². The van der Waals surface area contributed by atoms with Crippen LogP contribution in [0.2, 0.25) is 0 Å². The van der Waals surface area contributed by atoms with Gasteiger partial charge in [-0.25, -0.2) is 0 Å². The number of aromatic amines is 2. The summed E-state index contributed by atoms with van der Waals surface area (Å²) in [5.74, 6) is 0. The summed E-state index contributed by atoms with van der Waals surface area (Å²) in [4.78, 5) is 9.03. The molecule has 0 saturated carbocycles. The lowest BCUT2D eigenvalue weighted by molar-refractivity contribution is 0.657. The van der Waals surface area contributed by atoms with Crippen LogP contribution in [0.5, 0.6) is 0 Å². The largest absolute Gasteiger partial charge is 0.353 e. The van der Waals surface area contributed by atoms with Crippen LogP contribution in [0.25, 0.3) is 49.2 Å². The van der Waals surface area contributed by atoms with Gasteiger partial charge in [0.1, 0.15) is 5.69 Å². The fraction of sp³-hybridized carbons (Fsp3) is 0.130. The predicted molar refractivity (Wildman–Crippen MR) is 120 cm³/mol. The van der Waals surface area contributed by atoms with Crippen LogP contribution in [-0.4, -0.2) is 33.3 Å². The Balaban J connectivity index is 1.49. The molecule has 5 heterocycles. The van der Waals surface area contributed by atoms with Crippen LogP contribution < -0.4 is 5.32 Å². The topological polar surface area (TPSA) is 69.4 Å². The average molecular weight is 415 g/mol. The van der Waals surface area contributed by atoms with Gasteiger partial charge < -0.3 is 10.3 Å². The molecule has 148 valence electrons. The van der Waals surface area contributed by atoms with Crippen LogP contribution in [0.4, 0.5) is 4.39 Å². The van der Waals surface area contributed by atoms with Crippen LogP contribution >= 0.6 is 11.3 Å². The lowest BCUT2D eigenvalue weighted by Crippen LogP contribution is -2.20. The van der Waals surface area contributed by atoms with E-state index >= 15 is 0 Å². The van der Waals surface area contributed by atoms with Gasteiger partial charge in [0.05, 0.1) is 23.1 Å². The van der Waals surface area contributed by atoms with E-state index < -0.39 is 0 Å². The number of aromatic nitrogens is 4. The highest BCUT2D eigenvalue weighted by Gasteiger charge is 2.16. The van der Waals surface area contributed by atoms with Gasteiger partial charge in [0.2, 0.25) is 0 Å².